The van der Waals surface area contributed by atoms with E-state index in [1.165, 1.54) is 0 Å². The Morgan fingerprint density at radius 3 is 1.96 bits per heavy atom. The molecule has 1 saturated carbocycles. The van der Waals surface area contributed by atoms with Gasteiger partial charge >= 0.3 is 6.09 Å². The maximum Gasteiger partial charge on any atom is 0.410 e. The van der Waals surface area contributed by atoms with Gasteiger partial charge < -0.3 is 20.5 Å². The number of piperidine rings is 1. The molecule has 0 spiro atoms. The molecule has 2 fully saturated rings. The third kappa shape index (κ3) is 4.18. The Bertz CT molecular complexity index is 436. The Labute approximate surface area is 140 Å². The fraction of sp³-hybridized carbons (Fsp3) is 0.944. The Hall–Kier alpha value is -0.810. The van der Waals surface area contributed by atoms with E-state index >= 15 is 0 Å². The van der Waals surface area contributed by atoms with Crippen LogP contribution in [0.5, 0.6) is 0 Å². The van der Waals surface area contributed by atoms with Crippen molar-refractivity contribution >= 4 is 6.09 Å². The lowest BCUT2D eigenvalue weighted by molar-refractivity contribution is -0.1000. The molecule has 0 aromatic heterocycles. The van der Waals surface area contributed by atoms with Gasteiger partial charge in [-0.1, -0.05) is 13.8 Å². The maximum absolute atomic E-state index is 12.2. The number of hydrogen-bond acceptors (Lipinski definition) is 4. The molecule has 2 rings (SSSR count). The summed E-state index contributed by atoms with van der Waals surface area (Å²) in [6.45, 7) is 11.1. The van der Waals surface area contributed by atoms with Gasteiger partial charge in [-0.15, -0.1) is 0 Å². The van der Waals surface area contributed by atoms with Crippen molar-refractivity contribution in [3.8, 4) is 0 Å². The van der Waals surface area contributed by atoms with E-state index in [1.54, 1.807) is 4.90 Å². The van der Waals surface area contributed by atoms with Crippen molar-refractivity contribution in [3.63, 3.8) is 0 Å². The van der Waals surface area contributed by atoms with Gasteiger partial charge in [0, 0.05) is 18.6 Å². The number of hydrogen-bond donors (Lipinski definition) is 2. The molecule has 3 N–H and O–H groups in total. The number of amides is 1. The summed E-state index contributed by atoms with van der Waals surface area (Å²) in [5.41, 5.74) is 5.05. The van der Waals surface area contributed by atoms with E-state index in [9.17, 15) is 9.90 Å². The van der Waals surface area contributed by atoms with Gasteiger partial charge in [0.05, 0.1) is 5.60 Å². The summed E-state index contributed by atoms with van der Waals surface area (Å²) >= 11 is 0. The predicted octanol–water partition coefficient (Wildman–Crippen LogP) is 3.05. The average Bonchev–Trinajstić information content (AvgIpc) is 2.41. The van der Waals surface area contributed by atoms with Gasteiger partial charge in [0.1, 0.15) is 5.60 Å². The lowest BCUT2D eigenvalue weighted by Gasteiger charge is -2.53. The number of likely N-dealkylation sites (tertiary alicyclic amines) is 1. The fourth-order valence-electron chi connectivity index (χ4n) is 3.72. The monoisotopic (exact) mass is 326 g/mol. The van der Waals surface area contributed by atoms with Gasteiger partial charge in [-0.05, 0) is 64.7 Å². The number of ether oxygens (including phenoxy) is 1. The summed E-state index contributed by atoms with van der Waals surface area (Å²) < 4.78 is 5.42. The number of rotatable bonds is 1. The highest BCUT2D eigenvalue weighted by atomic mass is 16.6. The van der Waals surface area contributed by atoms with Crippen LogP contribution in [0.4, 0.5) is 4.79 Å². The molecule has 0 atom stereocenters. The van der Waals surface area contributed by atoms with Crippen LogP contribution in [0.25, 0.3) is 0 Å². The summed E-state index contributed by atoms with van der Waals surface area (Å²) in [5, 5.41) is 11.2. The summed E-state index contributed by atoms with van der Waals surface area (Å²) in [4.78, 5) is 13.8. The normalized spacial score (nSPS) is 26.7. The van der Waals surface area contributed by atoms with Crippen molar-refractivity contribution in [1.29, 1.82) is 0 Å². The van der Waals surface area contributed by atoms with E-state index < -0.39 is 16.7 Å². The Morgan fingerprint density at radius 1 is 1.04 bits per heavy atom. The van der Waals surface area contributed by atoms with Crippen LogP contribution in [0, 0.1) is 5.41 Å². The summed E-state index contributed by atoms with van der Waals surface area (Å²) in [6, 6.07) is 0. The highest BCUT2D eigenvalue weighted by Crippen LogP contribution is 2.46. The Kier molecular flexibility index (Phi) is 4.77. The van der Waals surface area contributed by atoms with Crippen molar-refractivity contribution in [3.05, 3.63) is 0 Å². The smallest absolute Gasteiger partial charge is 0.410 e. The van der Waals surface area contributed by atoms with Crippen LogP contribution in [0.1, 0.15) is 73.1 Å². The maximum atomic E-state index is 12.2. The van der Waals surface area contributed by atoms with Gasteiger partial charge in [0.15, 0.2) is 0 Å². The molecule has 1 amide bonds. The lowest BCUT2D eigenvalue weighted by atomic mass is 9.61. The van der Waals surface area contributed by atoms with Gasteiger partial charge in [-0.2, -0.15) is 0 Å². The fourth-order valence-corrected chi connectivity index (χ4v) is 3.72. The SMILES string of the molecule is CC1(C)CCC(N)(C2(O)CCN(C(=O)OC(C)(C)C)CC2)CC1. The zero-order valence-electron chi connectivity index (χ0n) is 15.4. The number of aliphatic hydroxyl groups is 1. The van der Waals surface area contributed by atoms with Crippen LogP contribution in [0.2, 0.25) is 0 Å². The van der Waals surface area contributed by atoms with E-state index in [4.69, 9.17) is 10.5 Å². The molecule has 5 heteroatoms. The highest BCUT2D eigenvalue weighted by Gasteiger charge is 2.51. The van der Waals surface area contributed by atoms with E-state index in [0.29, 0.717) is 31.3 Å². The van der Waals surface area contributed by atoms with Crippen molar-refractivity contribution in [2.75, 3.05) is 13.1 Å². The zero-order chi connectivity index (χ0) is 17.5. The van der Waals surface area contributed by atoms with Crippen molar-refractivity contribution in [2.45, 2.75) is 89.9 Å². The Balaban J connectivity index is 1.96. The van der Waals surface area contributed by atoms with Crippen LogP contribution in [0.3, 0.4) is 0 Å². The van der Waals surface area contributed by atoms with E-state index in [0.717, 1.165) is 25.7 Å². The number of nitrogens with two attached hydrogens (primary N) is 1. The zero-order valence-corrected chi connectivity index (χ0v) is 15.4. The number of carbonyl (C=O) groups is 1. The van der Waals surface area contributed by atoms with Gasteiger partial charge in [-0.25, -0.2) is 4.79 Å². The molecule has 1 aliphatic carbocycles. The van der Waals surface area contributed by atoms with Gasteiger partial charge in [-0.3, -0.25) is 0 Å². The molecule has 134 valence electrons. The molecule has 1 saturated heterocycles. The minimum atomic E-state index is -0.873. The van der Waals surface area contributed by atoms with Crippen LogP contribution >= 0.6 is 0 Å². The molecule has 5 nitrogen and oxygen atoms in total. The highest BCUT2D eigenvalue weighted by molar-refractivity contribution is 5.68. The standard InChI is InChI=1S/C18H34N2O3/c1-15(2,3)23-14(21)20-12-10-18(22,11-13-20)17(19)8-6-16(4,5)7-9-17/h22H,6-13,19H2,1-5H3. The third-order valence-electron chi connectivity index (χ3n) is 5.66. The van der Waals surface area contributed by atoms with Crippen molar-refractivity contribution in [2.24, 2.45) is 11.1 Å². The predicted molar refractivity (Wildman–Crippen MR) is 91.2 cm³/mol. The van der Waals surface area contributed by atoms with Crippen LogP contribution in [-0.2, 0) is 4.74 Å². The molecule has 23 heavy (non-hydrogen) atoms. The second kappa shape index (κ2) is 5.92. The van der Waals surface area contributed by atoms with Crippen LogP contribution in [0.15, 0.2) is 0 Å². The lowest BCUT2D eigenvalue weighted by Crippen LogP contribution is -2.66. The molecule has 0 bridgehead atoms. The third-order valence-corrected chi connectivity index (χ3v) is 5.66. The molecule has 1 heterocycles. The first-order chi connectivity index (χ1) is 10.4. The first-order valence-corrected chi connectivity index (χ1v) is 8.85. The second-order valence-electron chi connectivity index (χ2n) is 9.32. The molecule has 0 aromatic rings. The van der Waals surface area contributed by atoms with Crippen molar-refractivity contribution in [1.82, 2.24) is 4.90 Å². The number of carbonyl (C=O) groups excluding carboxylic acids is 1. The molecule has 2 aliphatic rings. The molecular weight excluding hydrogens is 292 g/mol. The second-order valence-corrected chi connectivity index (χ2v) is 9.32. The topological polar surface area (TPSA) is 75.8 Å². The molecular formula is C18H34N2O3. The molecule has 0 aromatic carbocycles. The van der Waals surface area contributed by atoms with E-state index in [-0.39, 0.29) is 6.09 Å². The molecule has 0 radical (unpaired) electrons. The quantitative estimate of drug-likeness (QED) is 0.776. The first-order valence-electron chi connectivity index (χ1n) is 8.85. The van der Waals surface area contributed by atoms with Gasteiger partial charge in [0.25, 0.3) is 0 Å². The van der Waals surface area contributed by atoms with E-state index in [1.807, 2.05) is 20.8 Å². The summed E-state index contributed by atoms with van der Waals surface area (Å²) in [5.74, 6) is 0. The van der Waals surface area contributed by atoms with Crippen LogP contribution < -0.4 is 5.73 Å². The number of nitrogens with zero attached hydrogens (tertiary/aromatic N) is 1. The average molecular weight is 326 g/mol. The summed E-state index contributed by atoms with van der Waals surface area (Å²) in [7, 11) is 0. The molecule has 1 aliphatic heterocycles. The Morgan fingerprint density at radius 2 is 1.52 bits per heavy atom. The first kappa shape index (κ1) is 18.5. The van der Waals surface area contributed by atoms with E-state index in [2.05, 4.69) is 13.8 Å². The molecule has 0 unspecified atom stereocenters. The minimum Gasteiger partial charge on any atom is -0.444 e. The largest absolute Gasteiger partial charge is 0.444 e. The van der Waals surface area contributed by atoms with Crippen LogP contribution in [-0.4, -0.2) is 45.9 Å². The minimum absolute atomic E-state index is 0.296. The summed E-state index contributed by atoms with van der Waals surface area (Å²) in [6.07, 6.45) is 4.55. The van der Waals surface area contributed by atoms with Gasteiger partial charge in [0.2, 0.25) is 0 Å². The van der Waals surface area contributed by atoms with Crippen molar-refractivity contribution < 1.29 is 14.6 Å².